The summed E-state index contributed by atoms with van der Waals surface area (Å²) in [6.45, 7) is 4.44. The van der Waals surface area contributed by atoms with Gasteiger partial charge < -0.3 is 10.5 Å². The van der Waals surface area contributed by atoms with Gasteiger partial charge in [-0.15, -0.1) is 11.8 Å². The Kier molecular flexibility index (Phi) is 5.19. The molecule has 0 aliphatic carbocycles. The lowest BCUT2D eigenvalue weighted by Gasteiger charge is -2.09. The van der Waals surface area contributed by atoms with Crippen LogP contribution in [0.25, 0.3) is 0 Å². The van der Waals surface area contributed by atoms with Gasteiger partial charge in [0.1, 0.15) is 0 Å². The molecule has 0 unspecified atom stereocenters. The van der Waals surface area contributed by atoms with Crippen molar-refractivity contribution < 1.29 is 9.53 Å². The number of thioether (sulfide) groups is 1. The zero-order valence-corrected chi connectivity index (χ0v) is 10.5. The van der Waals surface area contributed by atoms with Gasteiger partial charge in [-0.3, -0.25) is 0 Å². The molecule has 0 amide bonds. The molecule has 0 fully saturated rings. The minimum atomic E-state index is -0.335. The fourth-order valence-electron chi connectivity index (χ4n) is 1.28. The number of nitrogen functional groups attached to an aromatic ring is 1. The van der Waals surface area contributed by atoms with Gasteiger partial charge in [0.25, 0.3) is 0 Å². The lowest BCUT2D eigenvalue weighted by Crippen LogP contribution is -2.09. The van der Waals surface area contributed by atoms with Crippen LogP contribution >= 0.6 is 11.8 Å². The Hall–Kier alpha value is -1.16. The predicted octanol–water partition coefficient (Wildman–Crippen LogP) is 2.95. The Balaban J connectivity index is 2.87. The number of rotatable bonds is 5. The average molecular weight is 239 g/mol. The second-order valence-electron chi connectivity index (χ2n) is 3.29. The molecular formula is C12H17NO2S. The molecule has 1 aromatic rings. The first-order valence-electron chi connectivity index (χ1n) is 5.39. The first kappa shape index (κ1) is 12.9. The number of hydrogen-bond acceptors (Lipinski definition) is 4. The molecule has 0 radical (unpaired) electrons. The highest BCUT2D eigenvalue weighted by Gasteiger charge is 2.13. The summed E-state index contributed by atoms with van der Waals surface area (Å²) in [7, 11) is 0. The third kappa shape index (κ3) is 3.17. The van der Waals surface area contributed by atoms with Gasteiger partial charge in [-0.1, -0.05) is 19.9 Å². The monoisotopic (exact) mass is 239 g/mol. The molecule has 0 aromatic heterocycles. The van der Waals surface area contributed by atoms with Gasteiger partial charge in [-0.2, -0.15) is 0 Å². The largest absolute Gasteiger partial charge is 0.462 e. The summed E-state index contributed by atoms with van der Waals surface area (Å²) in [6, 6.07) is 5.45. The van der Waals surface area contributed by atoms with Crippen LogP contribution in [0.1, 0.15) is 30.6 Å². The normalized spacial score (nSPS) is 10.1. The highest BCUT2D eigenvalue weighted by Crippen LogP contribution is 2.27. The van der Waals surface area contributed by atoms with Crippen molar-refractivity contribution in [3.05, 3.63) is 23.8 Å². The molecule has 1 aromatic carbocycles. The number of anilines is 1. The summed E-state index contributed by atoms with van der Waals surface area (Å²) in [5, 5.41) is 0. The van der Waals surface area contributed by atoms with Crippen molar-refractivity contribution in [3.8, 4) is 0 Å². The van der Waals surface area contributed by atoms with E-state index >= 15 is 0 Å². The third-order valence-electron chi connectivity index (χ3n) is 2.02. The molecule has 16 heavy (non-hydrogen) atoms. The number of esters is 1. The standard InChI is InChI=1S/C12H17NO2S/c1-3-8-15-12(14)9-6-5-7-10(11(9)13)16-4-2/h5-7H,3-4,8,13H2,1-2H3. The van der Waals surface area contributed by atoms with Crippen molar-refractivity contribution in [3.63, 3.8) is 0 Å². The molecule has 4 heteroatoms. The molecule has 0 saturated carbocycles. The lowest BCUT2D eigenvalue weighted by atomic mass is 10.2. The molecule has 1 rings (SSSR count). The maximum absolute atomic E-state index is 11.7. The van der Waals surface area contributed by atoms with Gasteiger partial charge >= 0.3 is 5.97 Å². The van der Waals surface area contributed by atoms with E-state index in [0.29, 0.717) is 17.9 Å². The van der Waals surface area contributed by atoms with E-state index in [4.69, 9.17) is 10.5 Å². The van der Waals surface area contributed by atoms with E-state index in [1.807, 2.05) is 26.0 Å². The maximum atomic E-state index is 11.7. The van der Waals surface area contributed by atoms with Crippen molar-refractivity contribution in [2.24, 2.45) is 0 Å². The minimum Gasteiger partial charge on any atom is -0.462 e. The van der Waals surface area contributed by atoms with Gasteiger partial charge in [0.05, 0.1) is 17.9 Å². The molecule has 2 N–H and O–H groups in total. The molecule has 88 valence electrons. The number of ether oxygens (including phenoxy) is 1. The fraction of sp³-hybridized carbons (Fsp3) is 0.417. The van der Waals surface area contributed by atoms with Crippen molar-refractivity contribution >= 4 is 23.4 Å². The highest BCUT2D eigenvalue weighted by atomic mass is 32.2. The van der Waals surface area contributed by atoms with Gasteiger partial charge in [-0.05, 0) is 24.3 Å². The molecule has 0 spiro atoms. The smallest absolute Gasteiger partial charge is 0.340 e. The number of carbonyl (C=O) groups is 1. The average Bonchev–Trinajstić information content (AvgIpc) is 2.29. The van der Waals surface area contributed by atoms with E-state index in [2.05, 4.69) is 0 Å². The number of carbonyl (C=O) groups excluding carboxylic acids is 1. The fourth-order valence-corrected chi connectivity index (χ4v) is 2.03. The van der Waals surface area contributed by atoms with Crippen LogP contribution in [-0.2, 0) is 4.74 Å². The van der Waals surface area contributed by atoms with Crippen molar-refractivity contribution in [1.82, 2.24) is 0 Å². The van der Waals surface area contributed by atoms with Crippen LogP contribution in [0.4, 0.5) is 5.69 Å². The Morgan fingerprint density at radius 1 is 1.44 bits per heavy atom. The zero-order valence-electron chi connectivity index (χ0n) is 9.66. The van der Waals surface area contributed by atoms with E-state index in [0.717, 1.165) is 17.1 Å². The van der Waals surface area contributed by atoms with Crippen molar-refractivity contribution in [1.29, 1.82) is 0 Å². The second kappa shape index (κ2) is 6.43. The number of para-hydroxylation sites is 1. The number of nitrogens with two attached hydrogens (primary N) is 1. The zero-order chi connectivity index (χ0) is 12.0. The molecular weight excluding hydrogens is 222 g/mol. The molecule has 0 atom stereocenters. The van der Waals surface area contributed by atoms with E-state index in [1.54, 1.807) is 17.8 Å². The van der Waals surface area contributed by atoms with Crippen LogP contribution in [0, 0.1) is 0 Å². The van der Waals surface area contributed by atoms with Crippen LogP contribution < -0.4 is 5.73 Å². The Morgan fingerprint density at radius 2 is 2.19 bits per heavy atom. The Bertz CT molecular complexity index is 366. The molecule has 3 nitrogen and oxygen atoms in total. The topological polar surface area (TPSA) is 52.3 Å². The summed E-state index contributed by atoms with van der Waals surface area (Å²) in [5.74, 6) is 0.593. The summed E-state index contributed by atoms with van der Waals surface area (Å²) in [6.07, 6.45) is 0.815. The predicted molar refractivity (Wildman–Crippen MR) is 67.8 cm³/mol. The van der Waals surface area contributed by atoms with Gasteiger partial charge in [0.2, 0.25) is 0 Å². The summed E-state index contributed by atoms with van der Waals surface area (Å²) < 4.78 is 5.06. The van der Waals surface area contributed by atoms with E-state index < -0.39 is 0 Å². The lowest BCUT2D eigenvalue weighted by molar-refractivity contribution is 0.0506. The molecule has 0 saturated heterocycles. The van der Waals surface area contributed by atoms with Crippen LogP contribution in [0.5, 0.6) is 0 Å². The first-order chi connectivity index (χ1) is 7.70. The molecule has 0 bridgehead atoms. The van der Waals surface area contributed by atoms with Gasteiger partial charge in [0, 0.05) is 4.90 Å². The maximum Gasteiger partial charge on any atom is 0.340 e. The third-order valence-corrected chi connectivity index (χ3v) is 2.98. The first-order valence-corrected chi connectivity index (χ1v) is 6.37. The van der Waals surface area contributed by atoms with E-state index in [-0.39, 0.29) is 5.97 Å². The quantitative estimate of drug-likeness (QED) is 0.487. The van der Waals surface area contributed by atoms with Gasteiger partial charge in [-0.25, -0.2) is 4.79 Å². The summed E-state index contributed by atoms with van der Waals surface area (Å²) in [5.41, 5.74) is 6.91. The summed E-state index contributed by atoms with van der Waals surface area (Å²) >= 11 is 1.62. The van der Waals surface area contributed by atoms with Crippen LogP contribution in [0.15, 0.2) is 23.1 Å². The van der Waals surface area contributed by atoms with Crippen molar-refractivity contribution in [2.75, 3.05) is 18.1 Å². The Morgan fingerprint density at radius 3 is 2.81 bits per heavy atom. The molecule has 0 heterocycles. The van der Waals surface area contributed by atoms with Crippen LogP contribution in [0.2, 0.25) is 0 Å². The van der Waals surface area contributed by atoms with Gasteiger partial charge in [0.15, 0.2) is 0 Å². The van der Waals surface area contributed by atoms with Crippen LogP contribution in [-0.4, -0.2) is 18.3 Å². The van der Waals surface area contributed by atoms with Crippen molar-refractivity contribution in [2.45, 2.75) is 25.2 Å². The summed E-state index contributed by atoms with van der Waals surface area (Å²) in [4.78, 5) is 12.6. The SMILES string of the molecule is CCCOC(=O)c1cccc(SCC)c1N. The van der Waals surface area contributed by atoms with Crippen LogP contribution in [0.3, 0.4) is 0 Å². The Labute approximate surface area is 100 Å². The minimum absolute atomic E-state index is 0.335. The highest BCUT2D eigenvalue weighted by molar-refractivity contribution is 7.99. The van der Waals surface area contributed by atoms with E-state index in [9.17, 15) is 4.79 Å². The molecule has 0 aliphatic rings. The molecule has 0 aliphatic heterocycles. The van der Waals surface area contributed by atoms with E-state index in [1.165, 1.54) is 0 Å². The second-order valence-corrected chi connectivity index (χ2v) is 4.59. The number of hydrogen-bond donors (Lipinski definition) is 1. The number of benzene rings is 1.